The minimum atomic E-state index is 0.285. The summed E-state index contributed by atoms with van der Waals surface area (Å²) in [4.78, 5) is 24.8. The summed E-state index contributed by atoms with van der Waals surface area (Å²) in [5.74, 6) is 2.08. The zero-order valence-electron chi connectivity index (χ0n) is 13.9. The number of hydrogen-bond acceptors (Lipinski definition) is 5. The Kier molecular flexibility index (Phi) is 5.43. The fraction of sp³-hybridized carbons (Fsp3) is 0.706. The predicted octanol–water partition coefficient (Wildman–Crippen LogP) is 1.44. The summed E-state index contributed by atoms with van der Waals surface area (Å²) in [5.41, 5.74) is 0. The van der Waals surface area contributed by atoms with Crippen molar-refractivity contribution in [3.05, 3.63) is 18.6 Å². The molecular formula is C17H26N4O2. The Morgan fingerprint density at radius 2 is 2.09 bits per heavy atom. The smallest absolute Gasteiger partial charge is 0.236 e. The molecule has 0 saturated carbocycles. The van der Waals surface area contributed by atoms with Gasteiger partial charge in [-0.3, -0.25) is 14.7 Å². The molecule has 6 nitrogen and oxygen atoms in total. The molecule has 2 fully saturated rings. The van der Waals surface area contributed by atoms with E-state index in [1.165, 1.54) is 0 Å². The monoisotopic (exact) mass is 318 g/mol. The van der Waals surface area contributed by atoms with Crippen LogP contribution >= 0.6 is 0 Å². The average molecular weight is 318 g/mol. The second-order valence-corrected chi connectivity index (χ2v) is 6.81. The summed E-state index contributed by atoms with van der Waals surface area (Å²) in [6.45, 7) is 7.21. The standard InChI is InChI=1S/C17H26N4O2/c1-14-2-8-21(9-3-14)17(22)12-20-7-4-15(11-20)13-23-16-10-18-5-6-19-16/h5-6,10,14-15H,2-4,7-9,11-13H2,1H3. The van der Waals surface area contributed by atoms with E-state index in [2.05, 4.69) is 21.8 Å². The first kappa shape index (κ1) is 16.2. The number of rotatable bonds is 5. The van der Waals surface area contributed by atoms with Crippen molar-refractivity contribution in [3.63, 3.8) is 0 Å². The van der Waals surface area contributed by atoms with Gasteiger partial charge in [0.25, 0.3) is 0 Å². The molecule has 6 heteroatoms. The summed E-state index contributed by atoms with van der Waals surface area (Å²) in [6.07, 6.45) is 8.25. The van der Waals surface area contributed by atoms with Crippen LogP contribution in [0.3, 0.4) is 0 Å². The van der Waals surface area contributed by atoms with Gasteiger partial charge < -0.3 is 9.64 Å². The molecule has 0 N–H and O–H groups in total. The molecule has 2 saturated heterocycles. The van der Waals surface area contributed by atoms with Crippen LogP contribution < -0.4 is 4.74 Å². The van der Waals surface area contributed by atoms with E-state index in [0.29, 0.717) is 24.9 Å². The van der Waals surface area contributed by atoms with Crippen molar-refractivity contribution in [1.29, 1.82) is 0 Å². The molecule has 3 rings (SSSR count). The minimum absolute atomic E-state index is 0.285. The second kappa shape index (κ2) is 7.73. The molecule has 0 aliphatic carbocycles. The van der Waals surface area contributed by atoms with Crippen LogP contribution in [0.5, 0.6) is 5.88 Å². The first-order valence-corrected chi connectivity index (χ1v) is 8.59. The van der Waals surface area contributed by atoms with E-state index in [1.54, 1.807) is 18.6 Å². The van der Waals surface area contributed by atoms with E-state index in [9.17, 15) is 4.79 Å². The van der Waals surface area contributed by atoms with E-state index in [-0.39, 0.29) is 5.91 Å². The van der Waals surface area contributed by atoms with Crippen LogP contribution in [-0.2, 0) is 4.79 Å². The maximum atomic E-state index is 12.4. The third-order valence-corrected chi connectivity index (χ3v) is 4.87. The zero-order valence-corrected chi connectivity index (χ0v) is 13.9. The average Bonchev–Trinajstić information content (AvgIpc) is 3.02. The van der Waals surface area contributed by atoms with Crippen LogP contribution in [0, 0.1) is 11.8 Å². The number of nitrogens with zero attached hydrogens (tertiary/aromatic N) is 4. The molecule has 1 atom stereocenters. The van der Waals surface area contributed by atoms with Crippen LogP contribution in [0.15, 0.2) is 18.6 Å². The van der Waals surface area contributed by atoms with Gasteiger partial charge in [0, 0.05) is 37.9 Å². The molecule has 0 spiro atoms. The number of hydrogen-bond donors (Lipinski definition) is 0. The van der Waals surface area contributed by atoms with Gasteiger partial charge >= 0.3 is 0 Å². The summed E-state index contributed by atoms with van der Waals surface area (Å²) in [7, 11) is 0. The number of likely N-dealkylation sites (tertiary alicyclic amines) is 2. The number of piperidine rings is 1. The fourth-order valence-electron chi connectivity index (χ4n) is 3.30. The SMILES string of the molecule is CC1CCN(C(=O)CN2CCC(COc3cnccn3)C2)CC1. The van der Waals surface area contributed by atoms with Crippen molar-refractivity contribution >= 4 is 5.91 Å². The maximum Gasteiger partial charge on any atom is 0.236 e. The Bertz CT molecular complexity index is 503. The molecular weight excluding hydrogens is 292 g/mol. The van der Waals surface area contributed by atoms with Gasteiger partial charge in [0.1, 0.15) is 0 Å². The van der Waals surface area contributed by atoms with Gasteiger partial charge in [0.05, 0.1) is 19.3 Å². The van der Waals surface area contributed by atoms with Crippen molar-refractivity contribution in [2.75, 3.05) is 39.3 Å². The third kappa shape index (κ3) is 4.64. The van der Waals surface area contributed by atoms with Crippen LogP contribution in [0.1, 0.15) is 26.2 Å². The summed E-state index contributed by atoms with van der Waals surface area (Å²) < 4.78 is 5.68. The topological polar surface area (TPSA) is 58.6 Å². The van der Waals surface area contributed by atoms with E-state index >= 15 is 0 Å². The largest absolute Gasteiger partial charge is 0.476 e. The number of carbonyl (C=O) groups excluding carboxylic acids is 1. The predicted molar refractivity (Wildman–Crippen MR) is 87.1 cm³/mol. The highest BCUT2D eigenvalue weighted by Gasteiger charge is 2.27. The Hall–Kier alpha value is -1.69. The van der Waals surface area contributed by atoms with E-state index in [0.717, 1.165) is 51.4 Å². The molecule has 0 radical (unpaired) electrons. The lowest BCUT2D eigenvalue weighted by atomic mass is 9.99. The van der Waals surface area contributed by atoms with Crippen LogP contribution in [0.4, 0.5) is 0 Å². The molecule has 3 heterocycles. The molecule has 0 aromatic carbocycles. The summed E-state index contributed by atoms with van der Waals surface area (Å²) in [5, 5.41) is 0. The zero-order chi connectivity index (χ0) is 16.1. The van der Waals surface area contributed by atoms with Gasteiger partial charge in [0.15, 0.2) is 0 Å². The van der Waals surface area contributed by atoms with Gasteiger partial charge in [-0.1, -0.05) is 6.92 Å². The molecule has 1 aromatic rings. The highest BCUT2D eigenvalue weighted by Crippen LogP contribution is 2.19. The first-order valence-electron chi connectivity index (χ1n) is 8.59. The van der Waals surface area contributed by atoms with Crippen LogP contribution in [0.2, 0.25) is 0 Å². The Labute approximate surface area is 137 Å². The summed E-state index contributed by atoms with van der Waals surface area (Å²) >= 11 is 0. The molecule has 0 bridgehead atoms. The van der Waals surface area contributed by atoms with Crippen molar-refractivity contribution in [2.24, 2.45) is 11.8 Å². The molecule has 126 valence electrons. The lowest BCUT2D eigenvalue weighted by Crippen LogP contribution is -2.43. The van der Waals surface area contributed by atoms with Crippen molar-refractivity contribution < 1.29 is 9.53 Å². The fourth-order valence-corrected chi connectivity index (χ4v) is 3.30. The third-order valence-electron chi connectivity index (χ3n) is 4.87. The lowest BCUT2D eigenvalue weighted by Gasteiger charge is -2.31. The number of carbonyl (C=O) groups is 1. The lowest BCUT2D eigenvalue weighted by molar-refractivity contribution is -0.133. The molecule has 1 aromatic heterocycles. The van der Waals surface area contributed by atoms with Crippen LogP contribution in [0.25, 0.3) is 0 Å². The van der Waals surface area contributed by atoms with Gasteiger partial charge in [-0.05, 0) is 31.7 Å². The van der Waals surface area contributed by atoms with E-state index in [4.69, 9.17) is 4.74 Å². The quantitative estimate of drug-likeness (QED) is 0.822. The molecule has 2 aliphatic heterocycles. The van der Waals surface area contributed by atoms with E-state index < -0.39 is 0 Å². The van der Waals surface area contributed by atoms with Gasteiger partial charge in [-0.25, -0.2) is 4.98 Å². The number of aromatic nitrogens is 2. The van der Waals surface area contributed by atoms with Crippen LogP contribution in [-0.4, -0.2) is 65.0 Å². The van der Waals surface area contributed by atoms with Gasteiger partial charge in [-0.15, -0.1) is 0 Å². The second-order valence-electron chi connectivity index (χ2n) is 6.81. The molecule has 1 unspecified atom stereocenters. The minimum Gasteiger partial charge on any atom is -0.476 e. The maximum absolute atomic E-state index is 12.4. The van der Waals surface area contributed by atoms with Gasteiger partial charge in [-0.2, -0.15) is 0 Å². The number of ether oxygens (including phenoxy) is 1. The Morgan fingerprint density at radius 1 is 1.26 bits per heavy atom. The molecule has 1 amide bonds. The van der Waals surface area contributed by atoms with Crippen molar-refractivity contribution in [2.45, 2.75) is 26.2 Å². The summed E-state index contributed by atoms with van der Waals surface area (Å²) in [6, 6.07) is 0. The molecule has 23 heavy (non-hydrogen) atoms. The normalized spacial score (nSPS) is 23.2. The molecule has 2 aliphatic rings. The first-order chi connectivity index (χ1) is 11.2. The number of amides is 1. The highest BCUT2D eigenvalue weighted by molar-refractivity contribution is 5.78. The van der Waals surface area contributed by atoms with Gasteiger partial charge in [0.2, 0.25) is 11.8 Å². The Morgan fingerprint density at radius 3 is 2.83 bits per heavy atom. The Balaban J connectivity index is 1.38. The van der Waals surface area contributed by atoms with E-state index in [1.807, 2.05) is 4.90 Å². The van der Waals surface area contributed by atoms with Crippen molar-refractivity contribution in [3.8, 4) is 5.88 Å². The van der Waals surface area contributed by atoms with Crippen molar-refractivity contribution in [1.82, 2.24) is 19.8 Å². The highest BCUT2D eigenvalue weighted by atomic mass is 16.5.